The van der Waals surface area contributed by atoms with Gasteiger partial charge in [0.25, 0.3) is 5.91 Å². The fraction of sp³-hybridized carbons (Fsp3) is 0.560. The summed E-state index contributed by atoms with van der Waals surface area (Å²) in [5.41, 5.74) is -0.890. The first-order valence-electron chi connectivity index (χ1n) is 12.1. The van der Waals surface area contributed by atoms with Gasteiger partial charge in [-0.3, -0.25) is 4.79 Å². The molecule has 1 aliphatic rings. The van der Waals surface area contributed by atoms with Crippen molar-refractivity contribution in [1.82, 2.24) is 15.8 Å². The van der Waals surface area contributed by atoms with E-state index in [-0.39, 0.29) is 49.2 Å². The van der Waals surface area contributed by atoms with Crippen LogP contribution in [0.15, 0.2) is 28.8 Å². The molecule has 0 bridgehead atoms. The van der Waals surface area contributed by atoms with Crippen LogP contribution < -0.4 is 10.6 Å². The van der Waals surface area contributed by atoms with E-state index in [0.29, 0.717) is 12.1 Å². The summed E-state index contributed by atoms with van der Waals surface area (Å²) in [6.45, 7) is 4.11. The lowest BCUT2D eigenvalue weighted by atomic mass is 9.92. The Hall–Kier alpha value is -3.13. The Labute approximate surface area is 220 Å². The average molecular weight is 566 g/mol. The minimum atomic E-state index is -5.08. The first-order valence-corrected chi connectivity index (χ1v) is 12.1. The van der Waals surface area contributed by atoms with Crippen LogP contribution in [0.3, 0.4) is 0 Å². The Morgan fingerprint density at radius 2 is 1.64 bits per heavy atom. The molecule has 1 heterocycles. The van der Waals surface area contributed by atoms with Gasteiger partial charge in [0.15, 0.2) is 11.5 Å². The predicted molar refractivity (Wildman–Crippen MR) is 125 cm³/mol. The highest BCUT2D eigenvalue weighted by molar-refractivity contribution is 5.95. The van der Waals surface area contributed by atoms with Gasteiger partial charge in [0.2, 0.25) is 0 Å². The van der Waals surface area contributed by atoms with Crippen LogP contribution in [0.1, 0.15) is 61.1 Å². The number of esters is 1. The number of hydrogen-bond donors (Lipinski definition) is 2. The average Bonchev–Trinajstić information content (AvgIpc) is 3.28. The smallest absolute Gasteiger partial charge is 0.456 e. The summed E-state index contributed by atoms with van der Waals surface area (Å²) in [6.07, 6.45) is -9.72. The largest absolute Gasteiger partial charge is 0.490 e. The molecule has 0 aliphatic heterocycles. The number of halogens is 6. The highest BCUT2D eigenvalue weighted by Gasteiger charge is 2.42. The van der Waals surface area contributed by atoms with Crippen LogP contribution >= 0.6 is 0 Å². The van der Waals surface area contributed by atoms with Crippen molar-refractivity contribution in [2.45, 2.75) is 76.2 Å². The lowest BCUT2D eigenvalue weighted by Crippen LogP contribution is -2.41. The maximum absolute atomic E-state index is 13.1. The van der Waals surface area contributed by atoms with E-state index < -0.39 is 47.5 Å². The predicted octanol–water partition coefficient (Wildman–Crippen LogP) is 5.02. The van der Waals surface area contributed by atoms with Crippen LogP contribution in [0.2, 0.25) is 0 Å². The molecule has 2 N–H and O–H groups in total. The zero-order chi connectivity index (χ0) is 29.0. The normalized spacial score (nSPS) is 18.6. The molecule has 0 unspecified atom stereocenters. The van der Waals surface area contributed by atoms with Crippen LogP contribution in [0.4, 0.5) is 26.3 Å². The molecule has 1 aromatic heterocycles. The summed E-state index contributed by atoms with van der Waals surface area (Å²) in [5, 5.41) is 9.77. The van der Waals surface area contributed by atoms with Crippen LogP contribution in [-0.2, 0) is 27.0 Å². The van der Waals surface area contributed by atoms with E-state index in [0.717, 1.165) is 12.1 Å². The maximum atomic E-state index is 13.1. The zero-order valence-corrected chi connectivity index (χ0v) is 21.5. The molecule has 3 rings (SSSR count). The van der Waals surface area contributed by atoms with Gasteiger partial charge in [-0.25, -0.2) is 4.79 Å². The van der Waals surface area contributed by atoms with Crippen molar-refractivity contribution in [3.8, 4) is 11.3 Å². The summed E-state index contributed by atoms with van der Waals surface area (Å²) in [4.78, 5) is 24.2. The number of nitrogens with one attached hydrogen (secondary N) is 2. The Kier molecular flexibility index (Phi) is 9.31. The number of nitrogens with zero attached hydrogens (tertiary/aromatic N) is 1. The fourth-order valence-electron chi connectivity index (χ4n) is 4.05. The van der Waals surface area contributed by atoms with Gasteiger partial charge in [0, 0.05) is 37.4 Å². The van der Waals surface area contributed by atoms with Crippen LogP contribution in [0, 0.1) is 0 Å². The van der Waals surface area contributed by atoms with Gasteiger partial charge in [-0.2, -0.15) is 26.3 Å². The molecule has 0 saturated heterocycles. The summed E-state index contributed by atoms with van der Waals surface area (Å²) in [7, 11) is 1.53. The molecule has 0 atom stereocenters. The van der Waals surface area contributed by atoms with Crippen molar-refractivity contribution in [2.24, 2.45) is 0 Å². The van der Waals surface area contributed by atoms with Crippen molar-refractivity contribution in [1.29, 1.82) is 0 Å². The summed E-state index contributed by atoms with van der Waals surface area (Å²) < 4.78 is 91.6. The Balaban J connectivity index is 1.74. The van der Waals surface area contributed by atoms with E-state index in [9.17, 15) is 35.9 Å². The van der Waals surface area contributed by atoms with E-state index in [1.807, 2.05) is 13.8 Å². The van der Waals surface area contributed by atoms with Gasteiger partial charge < -0.3 is 24.6 Å². The third-order valence-electron chi connectivity index (χ3n) is 6.40. The number of benzene rings is 1. The van der Waals surface area contributed by atoms with Gasteiger partial charge in [-0.15, -0.1) is 0 Å². The summed E-state index contributed by atoms with van der Waals surface area (Å²) in [5.74, 6) is -2.75. The van der Waals surface area contributed by atoms with E-state index in [1.165, 1.54) is 19.2 Å². The standard InChI is InChI=1S/C25H29F6N3O5/c1-23(2,37-3)13-32-12-18-19(34-39-20(18)14-4-6-15(7-5-14)24(26,27)28)21(35)33-16-8-10-17(11-9-16)38-22(36)25(29,30)31/h4-7,16-17,32H,8-13H2,1-3H3,(H,33,35)/t16-,17-. The van der Waals surface area contributed by atoms with E-state index in [2.05, 4.69) is 20.5 Å². The molecule has 1 aliphatic carbocycles. The van der Waals surface area contributed by atoms with Gasteiger partial charge in [-0.1, -0.05) is 17.3 Å². The van der Waals surface area contributed by atoms with Crippen molar-refractivity contribution in [3.63, 3.8) is 0 Å². The molecule has 8 nitrogen and oxygen atoms in total. The molecular weight excluding hydrogens is 536 g/mol. The Bertz CT molecular complexity index is 1140. The second kappa shape index (κ2) is 11.9. The lowest BCUT2D eigenvalue weighted by molar-refractivity contribution is -0.206. The van der Waals surface area contributed by atoms with Gasteiger partial charge in [0.1, 0.15) is 6.10 Å². The molecule has 0 spiro atoms. The zero-order valence-electron chi connectivity index (χ0n) is 21.5. The molecule has 1 amide bonds. The maximum Gasteiger partial charge on any atom is 0.490 e. The molecule has 216 valence electrons. The first kappa shape index (κ1) is 30.4. The molecule has 1 aromatic carbocycles. The van der Waals surface area contributed by atoms with Crippen LogP contribution in [0.5, 0.6) is 0 Å². The minimum Gasteiger partial charge on any atom is -0.456 e. The molecule has 2 aromatic rings. The van der Waals surface area contributed by atoms with Gasteiger partial charge in [-0.05, 0) is 51.7 Å². The molecule has 1 saturated carbocycles. The minimum absolute atomic E-state index is 0.0789. The number of methoxy groups -OCH3 is 1. The van der Waals surface area contributed by atoms with Crippen LogP contribution in [0.25, 0.3) is 11.3 Å². The van der Waals surface area contributed by atoms with Crippen molar-refractivity contribution < 1.29 is 49.9 Å². The highest BCUT2D eigenvalue weighted by Crippen LogP contribution is 2.33. The SMILES string of the molecule is COC(C)(C)CNCc1c(C(=O)N[C@H]2CC[C@H](OC(=O)C(F)(F)F)CC2)noc1-c1ccc(C(F)(F)F)cc1. The topological polar surface area (TPSA) is 103 Å². The Morgan fingerprint density at radius 1 is 1.03 bits per heavy atom. The Morgan fingerprint density at radius 3 is 2.18 bits per heavy atom. The summed E-state index contributed by atoms with van der Waals surface area (Å²) in [6, 6.07) is 3.81. The van der Waals surface area contributed by atoms with E-state index in [4.69, 9.17) is 9.26 Å². The highest BCUT2D eigenvalue weighted by atomic mass is 19.4. The number of aromatic nitrogens is 1. The number of carbonyl (C=O) groups excluding carboxylic acids is 2. The number of ether oxygens (including phenoxy) is 2. The third kappa shape index (κ3) is 8.18. The molecule has 1 fully saturated rings. The monoisotopic (exact) mass is 565 g/mol. The number of alkyl halides is 6. The second-order valence-corrected chi connectivity index (χ2v) is 9.83. The van der Waals surface area contributed by atoms with Crippen molar-refractivity contribution >= 4 is 11.9 Å². The van der Waals surface area contributed by atoms with Crippen LogP contribution in [-0.4, -0.2) is 54.6 Å². The number of carbonyl (C=O) groups is 2. The third-order valence-corrected chi connectivity index (χ3v) is 6.40. The van der Waals surface area contributed by atoms with Gasteiger partial charge in [0.05, 0.1) is 11.2 Å². The molecular formula is C25H29F6N3O5. The number of rotatable bonds is 9. The van der Waals surface area contributed by atoms with Gasteiger partial charge >= 0.3 is 18.3 Å². The number of amides is 1. The molecule has 39 heavy (non-hydrogen) atoms. The second-order valence-electron chi connectivity index (χ2n) is 9.83. The molecule has 0 radical (unpaired) electrons. The van der Waals surface area contributed by atoms with Crippen molar-refractivity contribution in [2.75, 3.05) is 13.7 Å². The van der Waals surface area contributed by atoms with E-state index >= 15 is 0 Å². The summed E-state index contributed by atoms with van der Waals surface area (Å²) >= 11 is 0. The quantitative estimate of drug-likeness (QED) is 0.325. The fourth-order valence-corrected chi connectivity index (χ4v) is 4.05. The molecule has 14 heteroatoms. The lowest BCUT2D eigenvalue weighted by Gasteiger charge is -2.29. The van der Waals surface area contributed by atoms with Crippen molar-refractivity contribution in [3.05, 3.63) is 41.1 Å². The van der Waals surface area contributed by atoms with E-state index in [1.54, 1.807) is 0 Å². The first-order chi connectivity index (χ1) is 18.1. The number of hydrogen-bond acceptors (Lipinski definition) is 7.